The number of nitrogens with zero attached hydrogens (tertiary/aromatic N) is 4. The predicted octanol–water partition coefficient (Wildman–Crippen LogP) is 2.04. The van der Waals surface area contributed by atoms with Gasteiger partial charge in [0, 0.05) is 51.5 Å². The summed E-state index contributed by atoms with van der Waals surface area (Å²) in [4.78, 5) is 28.3. The summed E-state index contributed by atoms with van der Waals surface area (Å²) in [6, 6.07) is 3.78. The van der Waals surface area contributed by atoms with Crippen LogP contribution >= 0.6 is 49.6 Å². The SMILES string of the molecule is CC1=NOC(C)(O)C1.CN.CN.CN.CN.CN/C(C)=C\C(C)=O.CN=C(C)C.COC(C)=O.Cc1cc(C)on1.Cc1cc(C)on1.Cl.I[I-]I.N.NO. The van der Waals surface area contributed by atoms with Gasteiger partial charge in [0.15, 0.2) is 5.78 Å². The van der Waals surface area contributed by atoms with E-state index >= 15 is 0 Å². The number of aliphatic imine (C=N–C) groups is 1. The quantitative estimate of drug-likeness (QED) is 0.0683. The van der Waals surface area contributed by atoms with Gasteiger partial charge in [0.05, 0.1) is 30.6 Å². The molecule has 0 spiro atoms. The first-order valence-corrected chi connectivity index (χ1v) is 27.9. The van der Waals surface area contributed by atoms with Gasteiger partial charge in [0.2, 0.25) is 5.79 Å². The number of allylic oxidation sites excluding steroid dienone is 2. The number of carbonyl (C=O) groups is 2. The summed E-state index contributed by atoms with van der Waals surface area (Å²) >= 11 is 5.30. The third-order valence-electron chi connectivity index (χ3n) is 4.02. The van der Waals surface area contributed by atoms with Crippen molar-refractivity contribution in [3.63, 3.8) is 0 Å². The Morgan fingerprint density at radius 1 is 0.891 bits per heavy atom. The third-order valence-corrected chi connectivity index (χ3v) is 4.02. The van der Waals surface area contributed by atoms with Gasteiger partial charge in [-0.3, -0.25) is 14.6 Å². The van der Waals surface area contributed by atoms with Crippen molar-refractivity contribution in [3.05, 3.63) is 46.8 Å². The van der Waals surface area contributed by atoms with Gasteiger partial charge in [-0.15, -0.1) is 12.4 Å². The van der Waals surface area contributed by atoms with E-state index in [4.69, 9.17) is 19.4 Å². The van der Waals surface area contributed by atoms with Crippen molar-refractivity contribution in [1.29, 1.82) is 0 Å². The number of methoxy groups -OCH3 is 1. The van der Waals surface area contributed by atoms with Crippen LogP contribution in [0.1, 0.15) is 77.8 Å². The second-order valence-electron chi connectivity index (χ2n) is 9.04. The molecule has 2 aromatic rings. The standard InChI is InChI=1S/C6H11NO.C5H9NO2.2C5H7NO.C4H9N.C3H6O2.4CH5N.ClH.I3.H3NO.H3N/c1-5(7-3)4-6(2)8;1-4-3-5(2,7)8-6-4;2*1-4-3-5(2)7-6-4;1-4(2)5-3;1-3(4)5-2;4*1-2;;1-3-2;1-2;/h4,7H,1-3H3;7H,3H2,1-2H3;2*3H,1-2H3;1-3H3;1-2H3;4*2H2,1H3;1H;;2H,1H2;1H3/q;;;;;;;;;;;-1;;/b5-4-;;;;;;;;;;;;;. The molecule has 0 fully saturated rings. The average molecular weight is 1160 g/mol. The number of carbonyl (C=O) groups excluding carboxylic acids is 2. The van der Waals surface area contributed by atoms with Crippen LogP contribution in [-0.4, -0.2) is 99.0 Å². The fraction of sp³-hybridized carbons (Fsp3) is 0.625. The van der Waals surface area contributed by atoms with E-state index in [1.165, 1.54) is 49.1 Å². The number of hydrogen-bond acceptors (Lipinski definition) is 19. The first-order chi connectivity index (χ1) is 24.8. The predicted molar refractivity (Wildman–Crippen MR) is 244 cm³/mol. The molecule has 1 unspecified atom stereocenters. The van der Waals surface area contributed by atoms with Crippen LogP contribution in [0.2, 0.25) is 0 Å². The van der Waals surface area contributed by atoms with Crippen molar-refractivity contribution in [2.24, 2.45) is 39.0 Å². The van der Waals surface area contributed by atoms with E-state index in [1.807, 2.05) is 67.5 Å². The average Bonchev–Trinajstić information content (AvgIpc) is 3.83. The number of aromatic nitrogens is 2. The van der Waals surface area contributed by atoms with Crippen LogP contribution in [0.3, 0.4) is 0 Å². The van der Waals surface area contributed by atoms with Crippen LogP contribution in [0.25, 0.3) is 0 Å². The first kappa shape index (κ1) is 81.6. The molecule has 16 N–H and O–H groups in total. The maximum Gasteiger partial charge on any atom is -0.219 e. The number of halogens is 4. The molecule has 1 atom stereocenters. The summed E-state index contributed by atoms with van der Waals surface area (Å²) in [7, 11) is 10.9. The summed E-state index contributed by atoms with van der Waals surface area (Å²) in [6.45, 7) is 19.6. The minimum absolute atomic E-state index is 0. The number of esters is 1. The van der Waals surface area contributed by atoms with Gasteiger partial charge in [-0.1, -0.05) is 15.5 Å². The second kappa shape index (κ2) is 67.2. The molecule has 55 heavy (non-hydrogen) atoms. The number of ether oxygens (including phenoxy) is 1. The van der Waals surface area contributed by atoms with Crippen LogP contribution in [0.4, 0.5) is 0 Å². The molecule has 0 saturated heterocycles. The van der Waals surface area contributed by atoms with Gasteiger partial charge in [-0.25, -0.2) is 5.90 Å². The smallest absolute Gasteiger partial charge is 0.219 e. The molecular formula is C32H76ClI3N11O8-. The van der Waals surface area contributed by atoms with E-state index in [-0.39, 0.29) is 30.3 Å². The first-order valence-electron chi connectivity index (χ1n) is 15.3. The minimum Gasteiger partial charge on any atom is -0.344 e. The topological polar surface area (TPSA) is 347 Å². The Morgan fingerprint density at radius 2 is 1.18 bits per heavy atom. The van der Waals surface area contributed by atoms with Gasteiger partial charge in [0.25, 0.3) is 0 Å². The zero-order valence-electron chi connectivity index (χ0n) is 36.2. The van der Waals surface area contributed by atoms with Crippen LogP contribution in [0, 0.1) is 27.7 Å². The van der Waals surface area contributed by atoms with Crippen LogP contribution in [0.15, 0.2) is 43.1 Å². The van der Waals surface area contributed by atoms with Crippen molar-refractivity contribution in [2.75, 3.05) is 49.4 Å². The molecular weight excluding hydrogens is 1080 g/mol. The Hall–Kier alpha value is -1.60. The van der Waals surface area contributed by atoms with Crippen molar-refractivity contribution >= 4 is 72.8 Å². The monoisotopic (exact) mass is 1160 g/mol. The van der Waals surface area contributed by atoms with E-state index in [9.17, 15) is 9.59 Å². The largest absolute Gasteiger partial charge is 0.344 e. The maximum absolute atomic E-state index is 10.3. The number of nitrogens with two attached hydrogens (primary N) is 5. The molecule has 336 valence electrons. The van der Waals surface area contributed by atoms with Gasteiger partial charge < -0.3 is 63.3 Å². The minimum atomic E-state index is -1.04. The van der Waals surface area contributed by atoms with Gasteiger partial charge in [0.1, 0.15) is 11.5 Å². The molecule has 1 aliphatic heterocycles. The van der Waals surface area contributed by atoms with E-state index in [0.29, 0.717) is 19.7 Å². The van der Waals surface area contributed by atoms with E-state index in [1.54, 1.807) is 27.1 Å². The molecule has 3 rings (SSSR count). The number of oxime groups is 1. The summed E-state index contributed by atoms with van der Waals surface area (Å²) in [5.74, 6) is 4.04. The molecule has 0 saturated carbocycles. The van der Waals surface area contributed by atoms with E-state index in [2.05, 4.69) is 101 Å². The molecule has 0 bridgehead atoms. The normalized spacial score (nSPS) is 11.5. The number of nitrogens with one attached hydrogen (secondary N) is 1. The number of hydrogen-bond donors (Lipinski definition) is 9. The second-order valence-corrected chi connectivity index (χ2v) is 25.3. The van der Waals surface area contributed by atoms with Gasteiger partial charge in [-0.2, -0.15) is 0 Å². The van der Waals surface area contributed by atoms with E-state index < -0.39 is 5.79 Å². The maximum atomic E-state index is 10.3. The van der Waals surface area contributed by atoms with Crippen molar-refractivity contribution < 1.29 is 51.8 Å². The molecule has 0 radical (unpaired) electrons. The number of aliphatic hydroxyl groups is 1. The molecule has 1 aliphatic rings. The Balaban J connectivity index is -0.0000000442. The van der Waals surface area contributed by atoms with Crippen molar-refractivity contribution in [2.45, 2.75) is 88.4 Å². The Labute approximate surface area is 367 Å². The number of rotatable bonds is 2. The molecule has 0 amide bonds. The fourth-order valence-electron chi connectivity index (χ4n) is 2.07. The third kappa shape index (κ3) is 95.2. The van der Waals surface area contributed by atoms with Crippen molar-refractivity contribution in [3.8, 4) is 0 Å². The molecule has 2 aromatic heterocycles. The molecule has 19 nitrogen and oxygen atoms in total. The number of ketones is 1. The van der Waals surface area contributed by atoms with Crippen molar-refractivity contribution in [1.82, 2.24) is 21.8 Å². The Morgan fingerprint density at radius 3 is 1.24 bits per heavy atom. The summed E-state index contributed by atoms with van der Waals surface area (Å²) < 4.78 is 13.5. The molecule has 3 heterocycles. The van der Waals surface area contributed by atoms with Gasteiger partial charge >= 0.3 is 56.5 Å². The molecule has 0 aliphatic carbocycles. The number of aryl methyl sites for hydroxylation is 4. The zero-order valence-corrected chi connectivity index (χ0v) is 43.5. The summed E-state index contributed by atoms with van der Waals surface area (Å²) in [5.41, 5.74) is 22.8. The van der Waals surface area contributed by atoms with Gasteiger partial charge in [-0.05, 0) is 96.6 Å². The van der Waals surface area contributed by atoms with Crippen LogP contribution in [-0.2, 0) is 19.2 Å². The zero-order chi connectivity index (χ0) is 44.6. The fourth-order valence-corrected chi connectivity index (χ4v) is 2.07. The molecule has 0 aromatic carbocycles. The van der Waals surface area contributed by atoms with E-state index in [0.717, 1.165) is 40.0 Å². The summed E-state index contributed by atoms with van der Waals surface area (Å²) in [5, 5.41) is 29.2. The Bertz CT molecular complexity index is 1050. The van der Waals surface area contributed by atoms with Crippen LogP contribution in [0.5, 0.6) is 0 Å². The Kier molecular flexibility index (Phi) is 99.6. The van der Waals surface area contributed by atoms with Crippen LogP contribution < -0.4 is 53.6 Å². The molecule has 23 heteroatoms. The summed E-state index contributed by atoms with van der Waals surface area (Å²) in [6.07, 6.45) is 2.08.